The molecule has 0 unspecified atom stereocenters. The number of hydrogen-bond donors (Lipinski definition) is 2. The van der Waals surface area contributed by atoms with E-state index in [9.17, 15) is 10.2 Å². The van der Waals surface area contributed by atoms with Crippen molar-refractivity contribution in [1.29, 1.82) is 0 Å². The largest absolute Gasteiger partial charge is 0.388 e. The lowest BCUT2D eigenvalue weighted by atomic mass is 10.1. The molecular formula is C12H17BrN2O5. The lowest BCUT2D eigenvalue weighted by molar-refractivity contribution is -0.226. The third kappa shape index (κ3) is 2.63. The van der Waals surface area contributed by atoms with Crippen molar-refractivity contribution in [2.45, 2.75) is 56.9 Å². The summed E-state index contributed by atoms with van der Waals surface area (Å²) in [5.41, 5.74) is 0. The molecule has 2 N–H and O–H groups in total. The zero-order valence-electron chi connectivity index (χ0n) is 11.1. The molecule has 3 rings (SSSR count). The van der Waals surface area contributed by atoms with Gasteiger partial charge >= 0.3 is 0 Å². The fourth-order valence-corrected chi connectivity index (χ4v) is 2.90. The summed E-state index contributed by atoms with van der Waals surface area (Å²) in [5.74, 6) is -0.779. The van der Waals surface area contributed by atoms with Crippen LogP contribution >= 0.6 is 15.9 Å². The first kappa shape index (κ1) is 14.4. The van der Waals surface area contributed by atoms with Crippen molar-refractivity contribution in [2.75, 3.05) is 0 Å². The van der Waals surface area contributed by atoms with E-state index in [0.29, 0.717) is 0 Å². The number of ether oxygens (including phenoxy) is 3. The van der Waals surface area contributed by atoms with Crippen molar-refractivity contribution in [1.82, 2.24) is 9.78 Å². The van der Waals surface area contributed by atoms with Gasteiger partial charge in [0.15, 0.2) is 12.1 Å². The molecule has 0 bridgehead atoms. The number of fused-ring (bicyclic) bond motifs is 1. The third-order valence-corrected chi connectivity index (χ3v) is 3.82. The van der Waals surface area contributed by atoms with Crippen molar-refractivity contribution < 1.29 is 24.4 Å². The van der Waals surface area contributed by atoms with Gasteiger partial charge in [0.25, 0.3) is 0 Å². The molecule has 0 aromatic carbocycles. The molecule has 1 aromatic heterocycles. The van der Waals surface area contributed by atoms with E-state index >= 15 is 0 Å². The fourth-order valence-electron chi connectivity index (χ4n) is 2.57. The van der Waals surface area contributed by atoms with Crippen molar-refractivity contribution in [3.8, 4) is 0 Å². The molecule has 2 aliphatic rings. The molecule has 2 fully saturated rings. The summed E-state index contributed by atoms with van der Waals surface area (Å²) < 4.78 is 19.1. The van der Waals surface area contributed by atoms with E-state index in [1.54, 1.807) is 30.9 Å². The van der Waals surface area contributed by atoms with Crippen LogP contribution in [0, 0.1) is 0 Å². The average Bonchev–Trinajstić information content (AvgIpc) is 2.95. The van der Waals surface area contributed by atoms with E-state index < -0.39 is 36.5 Å². The molecule has 2 saturated heterocycles. The van der Waals surface area contributed by atoms with Crippen LogP contribution in [-0.4, -0.2) is 56.5 Å². The second kappa shape index (κ2) is 5.04. The Hall–Kier alpha value is -0.510. The fraction of sp³-hybridized carbons (Fsp3) is 0.750. The number of rotatable bonds is 3. The number of aliphatic hydroxyl groups is 2. The zero-order chi connectivity index (χ0) is 14.5. The Kier molecular flexibility index (Phi) is 3.64. The molecule has 0 saturated carbocycles. The van der Waals surface area contributed by atoms with Crippen LogP contribution in [0.2, 0.25) is 0 Å². The van der Waals surface area contributed by atoms with E-state index in [-0.39, 0.29) is 6.54 Å². The molecule has 0 amide bonds. The molecular weight excluding hydrogens is 332 g/mol. The van der Waals surface area contributed by atoms with Crippen LogP contribution in [0.15, 0.2) is 16.9 Å². The average molecular weight is 349 g/mol. The summed E-state index contributed by atoms with van der Waals surface area (Å²) in [6.45, 7) is 3.73. The summed E-state index contributed by atoms with van der Waals surface area (Å²) >= 11 is 3.28. The van der Waals surface area contributed by atoms with E-state index in [4.69, 9.17) is 14.2 Å². The van der Waals surface area contributed by atoms with Crippen LogP contribution in [0.5, 0.6) is 0 Å². The number of aromatic nitrogens is 2. The maximum atomic E-state index is 10.2. The van der Waals surface area contributed by atoms with Gasteiger partial charge in [-0.3, -0.25) is 4.68 Å². The first-order chi connectivity index (χ1) is 9.35. The van der Waals surface area contributed by atoms with Gasteiger partial charge in [0.2, 0.25) is 0 Å². The Morgan fingerprint density at radius 3 is 2.85 bits per heavy atom. The molecule has 5 atom stereocenters. The molecule has 0 aliphatic carbocycles. The number of halogens is 1. The Morgan fingerprint density at radius 2 is 2.25 bits per heavy atom. The molecule has 1 aromatic rings. The van der Waals surface area contributed by atoms with Gasteiger partial charge in [-0.05, 0) is 29.8 Å². The number of nitrogens with zero attached hydrogens (tertiary/aromatic N) is 2. The standard InChI is InChI=1S/C12H17BrN2O5/c1-12(2)19-10-8(17)9(18-11(10)20-12)7(16)5-15-4-6(13)3-14-15/h3-4,7-11,16-17H,5H2,1-2H3/t7-,8+,9-,10-,11+/m1/s1. The topological polar surface area (TPSA) is 86.0 Å². The van der Waals surface area contributed by atoms with Crippen LogP contribution in [0.25, 0.3) is 0 Å². The van der Waals surface area contributed by atoms with E-state index in [0.717, 1.165) is 4.47 Å². The number of aliphatic hydroxyl groups excluding tert-OH is 2. The third-order valence-electron chi connectivity index (χ3n) is 3.41. The SMILES string of the molecule is CC1(C)O[C@@H]2O[C@H]([C@H](O)Cn3cc(Br)cn3)[C@H](O)[C@H]2O1. The molecule has 112 valence electrons. The van der Waals surface area contributed by atoms with Crippen LogP contribution in [0.4, 0.5) is 0 Å². The van der Waals surface area contributed by atoms with Crippen molar-refractivity contribution >= 4 is 15.9 Å². The Balaban J connectivity index is 1.64. The monoisotopic (exact) mass is 348 g/mol. The molecule has 2 aliphatic heterocycles. The molecule has 3 heterocycles. The highest BCUT2D eigenvalue weighted by Gasteiger charge is 2.55. The Bertz CT molecular complexity index is 494. The highest BCUT2D eigenvalue weighted by atomic mass is 79.9. The summed E-state index contributed by atoms with van der Waals surface area (Å²) in [7, 11) is 0. The molecule has 7 nitrogen and oxygen atoms in total. The highest BCUT2D eigenvalue weighted by molar-refractivity contribution is 9.10. The Morgan fingerprint density at radius 1 is 1.50 bits per heavy atom. The van der Waals surface area contributed by atoms with E-state index in [1.165, 1.54) is 0 Å². The van der Waals surface area contributed by atoms with Gasteiger partial charge in [-0.15, -0.1) is 0 Å². The second-order valence-corrected chi connectivity index (χ2v) is 6.42. The first-order valence-corrected chi connectivity index (χ1v) is 7.20. The molecule has 0 spiro atoms. The van der Waals surface area contributed by atoms with E-state index in [1.807, 2.05) is 0 Å². The van der Waals surface area contributed by atoms with E-state index in [2.05, 4.69) is 21.0 Å². The normalized spacial score (nSPS) is 37.0. The van der Waals surface area contributed by atoms with Gasteiger partial charge in [-0.1, -0.05) is 0 Å². The van der Waals surface area contributed by atoms with Gasteiger partial charge < -0.3 is 24.4 Å². The van der Waals surface area contributed by atoms with Crippen molar-refractivity contribution in [3.05, 3.63) is 16.9 Å². The van der Waals surface area contributed by atoms with Gasteiger partial charge in [0, 0.05) is 6.20 Å². The maximum Gasteiger partial charge on any atom is 0.190 e. The minimum atomic E-state index is -0.934. The minimum absolute atomic E-state index is 0.218. The van der Waals surface area contributed by atoms with Crippen LogP contribution in [0.3, 0.4) is 0 Å². The molecule has 8 heteroatoms. The Labute approximate surface area is 124 Å². The van der Waals surface area contributed by atoms with Gasteiger partial charge in [0.1, 0.15) is 24.4 Å². The summed E-state index contributed by atoms with van der Waals surface area (Å²) in [5, 5.41) is 24.5. The lowest BCUT2D eigenvalue weighted by Gasteiger charge is -2.25. The van der Waals surface area contributed by atoms with Gasteiger partial charge in [-0.25, -0.2) is 0 Å². The van der Waals surface area contributed by atoms with Crippen molar-refractivity contribution in [3.63, 3.8) is 0 Å². The zero-order valence-corrected chi connectivity index (χ0v) is 12.7. The lowest BCUT2D eigenvalue weighted by Crippen LogP contribution is -2.42. The van der Waals surface area contributed by atoms with Gasteiger partial charge in [0.05, 0.1) is 17.2 Å². The maximum absolute atomic E-state index is 10.2. The summed E-state index contributed by atoms with van der Waals surface area (Å²) in [6.07, 6.45) is -0.459. The summed E-state index contributed by atoms with van der Waals surface area (Å²) in [4.78, 5) is 0. The molecule has 20 heavy (non-hydrogen) atoms. The van der Waals surface area contributed by atoms with Gasteiger partial charge in [-0.2, -0.15) is 5.10 Å². The van der Waals surface area contributed by atoms with Crippen LogP contribution < -0.4 is 0 Å². The quantitative estimate of drug-likeness (QED) is 0.813. The molecule has 0 radical (unpaired) electrons. The smallest absolute Gasteiger partial charge is 0.190 e. The minimum Gasteiger partial charge on any atom is -0.388 e. The van der Waals surface area contributed by atoms with Crippen LogP contribution in [-0.2, 0) is 20.8 Å². The highest BCUT2D eigenvalue weighted by Crippen LogP contribution is 2.38. The number of hydrogen-bond acceptors (Lipinski definition) is 6. The summed E-state index contributed by atoms with van der Waals surface area (Å²) in [6, 6.07) is 0. The predicted molar refractivity (Wildman–Crippen MR) is 70.6 cm³/mol. The van der Waals surface area contributed by atoms with Crippen molar-refractivity contribution in [2.24, 2.45) is 0 Å². The first-order valence-electron chi connectivity index (χ1n) is 6.41. The predicted octanol–water partition coefficient (Wildman–Crippen LogP) is 0.244. The second-order valence-electron chi connectivity index (χ2n) is 5.51. The van der Waals surface area contributed by atoms with Crippen LogP contribution in [0.1, 0.15) is 13.8 Å².